The smallest absolute Gasteiger partial charge is 0.248 e. The molecule has 1 saturated heterocycles. The Morgan fingerprint density at radius 3 is 2.45 bits per heavy atom. The molecule has 0 atom stereocenters. The molecule has 2 amide bonds. The minimum absolute atomic E-state index is 0.0434. The number of hydrogen-bond acceptors (Lipinski definition) is 5. The van der Waals surface area contributed by atoms with Crippen molar-refractivity contribution in [1.82, 2.24) is 14.1 Å². The summed E-state index contributed by atoms with van der Waals surface area (Å²) in [6.45, 7) is 2.02. The van der Waals surface area contributed by atoms with Gasteiger partial charge in [-0.25, -0.2) is 8.42 Å². The summed E-state index contributed by atoms with van der Waals surface area (Å²) in [5.74, 6) is -0.526. The summed E-state index contributed by atoms with van der Waals surface area (Å²) in [5, 5.41) is 0. The molecule has 0 saturated carbocycles. The van der Waals surface area contributed by atoms with E-state index in [1.165, 1.54) is 9.87 Å². The highest BCUT2D eigenvalue weighted by atomic mass is 32.2. The Hall–Kier alpha value is -2.75. The number of primary amides is 1. The van der Waals surface area contributed by atoms with Crippen LogP contribution in [0, 0.1) is 0 Å². The number of amides is 2. The summed E-state index contributed by atoms with van der Waals surface area (Å²) in [6, 6.07) is 12.5. The van der Waals surface area contributed by atoms with Crippen LogP contribution in [0.1, 0.15) is 33.5 Å². The first-order valence-electron chi connectivity index (χ1n) is 11.2. The number of likely N-dealkylation sites (N-methyl/N-ethyl adjacent to an activating group) is 1. The van der Waals surface area contributed by atoms with Crippen molar-refractivity contribution in [2.24, 2.45) is 5.73 Å². The van der Waals surface area contributed by atoms with Gasteiger partial charge in [-0.3, -0.25) is 14.5 Å². The first-order valence-corrected chi connectivity index (χ1v) is 12.6. The largest absolute Gasteiger partial charge is 0.366 e. The topological polar surface area (TPSA) is 104 Å². The van der Waals surface area contributed by atoms with Crippen LogP contribution in [0.4, 0.5) is 0 Å². The molecule has 2 N–H and O–H groups in total. The third kappa shape index (κ3) is 5.26. The van der Waals surface area contributed by atoms with Gasteiger partial charge < -0.3 is 10.6 Å². The Labute approximate surface area is 195 Å². The number of piperazine rings is 1. The van der Waals surface area contributed by atoms with Gasteiger partial charge in [0.1, 0.15) is 0 Å². The Kier molecular flexibility index (Phi) is 6.83. The first kappa shape index (κ1) is 23.4. The van der Waals surface area contributed by atoms with Gasteiger partial charge in [-0.2, -0.15) is 4.31 Å². The van der Waals surface area contributed by atoms with Crippen molar-refractivity contribution in [3.63, 3.8) is 0 Å². The number of nitrogens with two attached hydrogens (primary N) is 1. The van der Waals surface area contributed by atoms with E-state index in [2.05, 4.69) is 0 Å². The zero-order valence-electron chi connectivity index (χ0n) is 18.9. The molecule has 9 heteroatoms. The van der Waals surface area contributed by atoms with Gasteiger partial charge in [0.2, 0.25) is 21.8 Å². The van der Waals surface area contributed by atoms with Gasteiger partial charge in [0.25, 0.3) is 0 Å². The molecule has 4 rings (SSSR count). The van der Waals surface area contributed by atoms with Crippen molar-refractivity contribution in [2.75, 3.05) is 39.8 Å². The van der Waals surface area contributed by atoms with E-state index in [9.17, 15) is 18.0 Å². The highest BCUT2D eigenvalue weighted by Gasteiger charge is 2.31. The fourth-order valence-electron chi connectivity index (χ4n) is 4.56. The molecule has 0 bridgehead atoms. The van der Waals surface area contributed by atoms with Gasteiger partial charge in [0.05, 0.1) is 11.4 Å². The van der Waals surface area contributed by atoms with Crippen LogP contribution < -0.4 is 5.73 Å². The average Bonchev–Trinajstić information content (AvgIpc) is 3.27. The summed E-state index contributed by atoms with van der Waals surface area (Å²) in [6.07, 6.45) is 3.02. The second-order valence-electron chi connectivity index (χ2n) is 8.81. The third-order valence-corrected chi connectivity index (χ3v) is 8.26. The van der Waals surface area contributed by atoms with Gasteiger partial charge in [-0.15, -0.1) is 0 Å². The lowest BCUT2D eigenvalue weighted by molar-refractivity contribution is -0.133. The predicted octanol–water partition coefficient (Wildman–Crippen LogP) is 1.24. The number of sulfonamides is 1. The molecule has 176 valence electrons. The maximum absolute atomic E-state index is 13.1. The van der Waals surface area contributed by atoms with E-state index in [1.807, 2.05) is 30.1 Å². The first-order chi connectivity index (χ1) is 15.7. The zero-order valence-corrected chi connectivity index (χ0v) is 19.7. The molecule has 1 heterocycles. The van der Waals surface area contributed by atoms with Crippen LogP contribution in [0.25, 0.3) is 0 Å². The molecule has 2 aliphatic rings. The summed E-state index contributed by atoms with van der Waals surface area (Å²) >= 11 is 0. The van der Waals surface area contributed by atoms with Crippen molar-refractivity contribution in [1.29, 1.82) is 0 Å². The maximum Gasteiger partial charge on any atom is 0.248 e. The highest BCUT2D eigenvalue weighted by molar-refractivity contribution is 7.89. The minimum Gasteiger partial charge on any atom is -0.366 e. The standard InChI is InChI=1S/C24H30N4O4S/c1-26(16-18-4-2-7-21(14-18)24(25)30)17-23(29)27-10-12-28(13-11-27)33(31,32)22-9-8-19-5-3-6-20(19)15-22/h2,4,7-9,14-15H,3,5-6,10-13,16-17H2,1H3,(H2,25,30). The number of rotatable bonds is 7. The van der Waals surface area contributed by atoms with E-state index in [0.717, 1.165) is 30.4 Å². The zero-order chi connectivity index (χ0) is 23.6. The van der Waals surface area contributed by atoms with Crippen LogP contribution in [0.2, 0.25) is 0 Å². The molecule has 33 heavy (non-hydrogen) atoms. The SMILES string of the molecule is CN(CC(=O)N1CCN(S(=O)(=O)c2ccc3c(c2)CCC3)CC1)Cc1cccc(C(N)=O)c1. The number of nitrogens with zero attached hydrogens (tertiary/aromatic N) is 3. The lowest BCUT2D eigenvalue weighted by Gasteiger charge is -2.35. The van der Waals surface area contributed by atoms with Gasteiger partial charge in [-0.05, 0) is 67.3 Å². The molecule has 1 aliphatic heterocycles. The van der Waals surface area contributed by atoms with E-state index < -0.39 is 15.9 Å². The minimum atomic E-state index is -3.56. The van der Waals surface area contributed by atoms with Gasteiger partial charge in [-0.1, -0.05) is 18.2 Å². The fourth-order valence-corrected chi connectivity index (χ4v) is 6.03. The number of aryl methyl sites for hydroxylation is 2. The lowest BCUT2D eigenvalue weighted by Crippen LogP contribution is -2.52. The van der Waals surface area contributed by atoms with E-state index >= 15 is 0 Å². The lowest BCUT2D eigenvalue weighted by atomic mass is 10.1. The molecule has 1 aliphatic carbocycles. The van der Waals surface area contributed by atoms with Gasteiger partial charge in [0, 0.05) is 38.3 Å². The summed E-state index contributed by atoms with van der Waals surface area (Å²) in [5.41, 5.74) is 9.05. The Bertz CT molecular complexity index is 1160. The summed E-state index contributed by atoms with van der Waals surface area (Å²) in [4.78, 5) is 28.1. The molecular weight excluding hydrogens is 440 g/mol. The van der Waals surface area contributed by atoms with Gasteiger partial charge >= 0.3 is 0 Å². The van der Waals surface area contributed by atoms with Crippen molar-refractivity contribution < 1.29 is 18.0 Å². The molecular formula is C24H30N4O4S. The fraction of sp³-hybridized carbons (Fsp3) is 0.417. The quantitative estimate of drug-likeness (QED) is 0.656. The Morgan fingerprint density at radius 2 is 1.73 bits per heavy atom. The highest BCUT2D eigenvalue weighted by Crippen LogP contribution is 2.26. The van der Waals surface area contributed by atoms with Gasteiger partial charge in [0.15, 0.2) is 0 Å². The molecule has 0 aromatic heterocycles. The normalized spacial score (nSPS) is 16.7. The third-order valence-electron chi connectivity index (χ3n) is 6.37. The molecule has 8 nitrogen and oxygen atoms in total. The molecule has 0 spiro atoms. The van der Waals surface area contributed by atoms with E-state index in [0.29, 0.717) is 30.1 Å². The molecule has 1 fully saturated rings. The van der Waals surface area contributed by atoms with Crippen LogP contribution >= 0.6 is 0 Å². The number of benzene rings is 2. The van der Waals surface area contributed by atoms with E-state index in [4.69, 9.17) is 5.73 Å². The second kappa shape index (κ2) is 9.62. The molecule has 0 unspecified atom stereocenters. The van der Waals surface area contributed by atoms with Crippen LogP contribution in [0.3, 0.4) is 0 Å². The number of carbonyl (C=O) groups is 2. The van der Waals surface area contributed by atoms with Crippen molar-refractivity contribution in [3.05, 3.63) is 64.7 Å². The summed E-state index contributed by atoms with van der Waals surface area (Å²) < 4.78 is 27.7. The van der Waals surface area contributed by atoms with Crippen molar-refractivity contribution in [2.45, 2.75) is 30.7 Å². The Balaban J connectivity index is 1.31. The molecule has 2 aromatic carbocycles. The van der Waals surface area contributed by atoms with E-state index in [-0.39, 0.29) is 25.5 Å². The summed E-state index contributed by atoms with van der Waals surface area (Å²) in [7, 11) is -1.72. The number of carbonyl (C=O) groups excluding carboxylic acids is 2. The van der Waals surface area contributed by atoms with Crippen LogP contribution in [0.5, 0.6) is 0 Å². The molecule has 2 aromatic rings. The second-order valence-corrected chi connectivity index (χ2v) is 10.7. The predicted molar refractivity (Wildman–Crippen MR) is 125 cm³/mol. The van der Waals surface area contributed by atoms with Crippen LogP contribution in [-0.2, 0) is 34.2 Å². The van der Waals surface area contributed by atoms with Crippen molar-refractivity contribution >= 4 is 21.8 Å². The average molecular weight is 471 g/mol. The Morgan fingerprint density at radius 1 is 1.00 bits per heavy atom. The van der Waals surface area contributed by atoms with Crippen molar-refractivity contribution in [3.8, 4) is 0 Å². The maximum atomic E-state index is 13.1. The monoisotopic (exact) mass is 470 g/mol. The number of hydrogen-bond donors (Lipinski definition) is 1. The van der Waals surface area contributed by atoms with Crippen LogP contribution in [-0.4, -0.2) is 74.1 Å². The van der Waals surface area contributed by atoms with Crippen LogP contribution in [0.15, 0.2) is 47.4 Å². The number of fused-ring (bicyclic) bond motifs is 1. The molecule has 0 radical (unpaired) electrons. The van der Waals surface area contributed by atoms with E-state index in [1.54, 1.807) is 29.2 Å².